The minimum absolute atomic E-state index is 0.0209. The fraction of sp³-hybridized carbons (Fsp3) is 0.500. The molecule has 2 atom stereocenters. The summed E-state index contributed by atoms with van der Waals surface area (Å²) >= 11 is 0. The van der Waals surface area contributed by atoms with Gasteiger partial charge in [-0.1, -0.05) is 13.3 Å². The number of carbonyl (C=O) groups excluding carboxylic acids is 1. The predicted molar refractivity (Wildman–Crippen MR) is 68.6 cm³/mol. The Morgan fingerprint density at radius 2 is 2.17 bits per heavy atom. The van der Waals surface area contributed by atoms with Gasteiger partial charge in [0.1, 0.15) is 11.5 Å². The molecule has 4 heteroatoms. The van der Waals surface area contributed by atoms with Crippen LogP contribution in [0.2, 0.25) is 0 Å². The molecule has 1 amide bonds. The van der Waals surface area contributed by atoms with Gasteiger partial charge in [0.25, 0.3) is 5.91 Å². The van der Waals surface area contributed by atoms with Crippen molar-refractivity contribution in [3.63, 3.8) is 0 Å². The number of phenols is 2. The summed E-state index contributed by atoms with van der Waals surface area (Å²) < 4.78 is 0. The second-order valence-electron chi connectivity index (χ2n) is 5.20. The van der Waals surface area contributed by atoms with E-state index in [4.69, 9.17) is 0 Å². The smallest absolute Gasteiger partial charge is 0.255 e. The lowest BCUT2D eigenvalue weighted by Gasteiger charge is -2.12. The highest BCUT2D eigenvalue weighted by Crippen LogP contribution is 2.29. The van der Waals surface area contributed by atoms with E-state index in [0.29, 0.717) is 12.5 Å². The summed E-state index contributed by atoms with van der Waals surface area (Å²) in [5.74, 6) is 0.810. The minimum atomic E-state index is -0.331. The molecule has 3 N–H and O–H groups in total. The normalized spacial score (nSPS) is 22.9. The molecule has 0 heterocycles. The van der Waals surface area contributed by atoms with Crippen LogP contribution in [0.3, 0.4) is 0 Å². The van der Waals surface area contributed by atoms with Crippen molar-refractivity contribution in [1.29, 1.82) is 0 Å². The number of hydrogen-bond donors (Lipinski definition) is 3. The van der Waals surface area contributed by atoms with E-state index < -0.39 is 0 Å². The first kappa shape index (κ1) is 12.7. The van der Waals surface area contributed by atoms with Crippen LogP contribution in [0.1, 0.15) is 36.5 Å². The highest BCUT2D eigenvalue weighted by Gasteiger charge is 2.22. The molecule has 1 saturated carbocycles. The van der Waals surface area contributed by atoms with Gasteiger partial charge in [0.2, 0.25) is 0 Å². The maximum Gasteiger partial charge on any atom is 0.255 e. The summed E-state index contributed by atoms with van der Waals surface area (Å²) in [5, 5.41) is 21.7. The Labute approximate surface area is 107 Å². The summed E-state index contributed by atoms with van der Waals surface area (Å²) in [7, 11) is 0. The van der Waals surface area contributed by atoms with E-state index in [9.17, 15) is 15.0 Å². The molecule has 1 aromatic rings. The van der Waals surface area contributed by atoms with Gasteiger partial charge in [-0.25, -0.2) is 0 Å². The van der Waals surface area contributed by atoms with Crippen LogP contribution in [0.15, 0.2) is 18.2 Å². The van der Waals surface area contributed by atoms with Gasteiger partial charge < -0.3 is 15.5 Å². The van der Waals surface area contributed by atoms with E-state index in [-0.39, 0.29) is 23.0 Å². The average molecular weight is 249 g/mol. The van der Waals surface area contributed by atoms with Crippen LogP contribution in [0, 0.1) is 11.8 Å². The number of phenolic OH excluding ortho intramolecular Hbond substituents is 2. The van der Waals surface area contributed by atoms with Gasteiger partial charge in [-0.15, -0.1) is 0 Å². The number of aromatic hydroxyl groups is 2. The number of rotatable bonds is 3. The molecule has 98 valence electrons. The van der Waals surface area contributed by atoms with E-state index in [1.807, 2.05) is 0 Å². The van der Waals surface area contributed by atoms with E-state index >= 15 is 0 Å². The fourth-order valence-corrected chi connectivity index (χ4v) is 2.55. The van der Waals surface area contributed by atoms with Crippen molar-refractivity contribution in [2.75, 3.05) is 6.54 Å². The van der Waals surface area contributed by atoms with Gasteiger partial charge in [0.15, 0.2) is 0 Å². The zero-order valence-electron chi connectivity index (χ0n) is 10.5. The van der Waals surface area contributed by atoms with Crippen molar-refractivity contribution in [1.82, 2.24) is 5.32 Å². The summed E-state index contributed by atoms with van der Waals surface area (Å²) in [6.45, 7) is 2.86. The first-order chi connectivity index (χ1) is 8.56. The van der Waals surface area contributed by atoms with Crippen molar-refractivity contribution in [3.8, 4) is 11.5 Å². The lowest BCUT2D eigenvalue weighted by Crippen LogP contribution is -2.28. The Morgan fingerprint density at radius 3 is 2.83 bits per heavy atom. The summed E-state index contributed by atoms with van der Waals surface area (Å²) in [5.41, 5.74) is 0.126. The molecule has 0 radical (unpaired) electrons. The maximum atomic E-state index is 11.9. The summed E-state index contributed by atoms with van der Waals surface area (Å²) in [6.07, 6.45) is 3.51. The second kappa shape index (κ2) is 5.29. The number of benzene rings is 1. The minimum Gasteiger partial charge on any atom is -0.508 e. The van der Waals surface area contributed by atoms with Crippen molar-refractivity contribution < 1.29 is 15.0 Å². The first-order valence-electron chi connectivity index (χ1n) is 6.36. The Balaban J connectivity index is 1.93. The topological polar surface area (TPSA) is 69.6 Å². The van der Waals surface area contributed by atoms with Gasteiger partial charge >= 0.3 is 0 Å². The molecule has 0 aromatic heterocycles. The summed E-state index contributed by atoms with van der Waals surface area (Å²) in [6, 6.07) is 3.95. The van der Waals surface area contributed by atoms with Crippen LogP contribution < -0.4 is 5.32 Å². The van der Waals surface area contributed by atoms with Crippen molar-refractivity contribution in [3.05, 3.63) is 23.8 Å². The largest absolute Gasteiger partial charge is 0.508 e. The van der Waals surface area contributed by atoms with Crippen LogP contribution in [-0.2, 0) is 0 Å². The molecule has 1 aliphatic carbocycles. The third-order valence-electron chi connectivity index (χ3n) is 3.58. The molecule has 1 fully saturated rings. The van der Waals surface area contributed by atoms with E-state index in [2.05, 4.69) is 12.2 Å². The maximum absolute atomic E-state index is 11.9. The lowest BCUT2D eigenvalue weighted by atomic mass is 10.1. The molecule has 0 aliphatic heterocycles. The monoisotopic (exact) mass is 249 g/mol. The van der Waals surface area contributed by atoms with E-state index in [1.165, 1.54) is 24.6 Å². The highest BCUT2D eigenvalue weighted by molar-refractivity contribution is 5.97. The van der Waals surface area contributed by atoms with Crippen LogP contribution >= 0.6 is 0 Å². The standard InChI is InChI=1S/C14H19NO3/c1-9-2-3-10(6-9)8-15-14(18)12-7-11(16)4-5-13(12)17/h4-5,7,9-10,16-17H,2-3,6,8H2,1H3,(H,15,18). The van der Waals surface area contributed by atoms with Crippen molar-refractivity contribution >= 4 is 5.91 Å². The highest BCUT2D eigenvalue weighted by atomic mass is 16.3. The van der Waals surface area contributed by atoms with Crippen LogP contribution in [0.4, 0.5) is 0 Å². The third kappa shape index (κ3) is 2.94. The van der Waals surface area contributed by atoms with E-state index in [1.54, 1.807) is 0 Å². The lowest BCUT2D eigenvalue weighted by molar-refractivity contribution is 0.0944. The molecule has 0 spiro atoms. The van der Waals surface area contributed by atoms with Gasteiger partial charge in [0, 0.05) is 6.54 Å². The fourth-order valence-electron chi connectivity index (χ4n) is 2.55. The molecule has 0 bridgehead atoms. The van der Waals surface area contributed by atoms with Crippen LogP contribution in [0.5, 0.6) is 11.5 Å². The average Bonchev–Trinajstić information content (AvgIpc) is 2.75. The second-order valence-corrected chi connectivity index (χ2v) is 5.20. The van der Waals surface area contributed by atoms with Gasteiger partial charge in [-0.3, -0.25) is 4.79 Å². The van der Waals surface area contributed by atoms with Crippen LogP contribution in [-0.4, -0.2) is 22.7 Å². The predicted octanol–water partition coefficient (Wildman–Crippen LogP) is 2.26. The van der Waals surface area contributed by atoms with Crippen molar-refractivity contribution in [2.45, 2.75) is 26.2 Å². The first-order valence-corrected chi connectivity index (χ1v) is 6.36. The number of nitrogens with one attached hydrogen (secondary N) is 1. The molecule has 0 saturated heterocycles. The Kier molecular flexibility index (Phi) is 3.75. The molecule has 2 rings (SSSR count). The van der Waals surface area contributed by atoms with Crippen LogP contribution in [0.25, 0.3) is 0 Å². The zero-order chi connectivity index (χ0) is 13.1. The number of amides is 1. The quantitative estimate of drug-likeness (QED) is 0.720. The summed E-state index contributed by atoms with van der Waals surface area (Å²) in [4.78, 5) is 11.9. The van der Waals surface area contributed by atoms with Crippen molar-refractivity contribution in [2.24, 2.45) is 11.8 Å². The van der Waals surface area contributed by atoms with Gasteiger partial charge in [0.05, 0.1) is 5.56 Å². The SMILES string of the molecule is CC1CCC(CNC(=O)c2cc(O)ccc2O)C1. The third-order valence-corrected chi connectivity index (χ3v) is 3.58. The molecular weight excluding hydrogens is 230 g/mol. The Hall–Kier alpha value is -1.71. The van der Waals surface area contributed by atoms with Gasteiger partial charge in [-0.05, 0) is 42.9 Å². The van der Waals surface area contributed by atoms with E-state index in [0.717, 1.165) is 18.8 Å². The molecule has 1 aromatic carbocycles. The Morgan fingerprint density at radius 1 is 1.39 bits per heavy atom. The Bertz CT molecular complexity index is 445. The molecule has 1 aliphatic rings. The number of carbonyl (C=O) groups is 1. The molecular formula is C14H19NO3. The number of hydrogen-bond acceptors (Lipinski definition) is 3. The van der Waals surface area contributed by atoms with Gasteiger partial charge in [-0.2, -0.15) is 0 Å². The molecule has 4 nitrogen and oxygen atoms in total. The zero-order valence-corrected chi connectivity index (χ0v) is 10.5. The molecule has 18 heavy (non-hydrogen) atoms. The molecule has 2 unspecified atom stereocenters.